The zero-order valence-electron chi connectivity index (χ0n) is 8.96. The summed E-state index contributed by atoms with van der Waals surface area (Å²) >= 11 is 0. The van der Waals surface area contributed by atoms with E-state index in [1.165, 1.54) is 25.7 Å². The van der Waals surface area contributed by atoms with Crippen molar-refractivity contribution in [2.24, 2.45) is 23.5 Å². The second kappa shape index (κ2) is 5.61. The van der Waals surface area contributed by atoms with Crippen LogP contribution in [-0.2, 0) is 4.74 Å². The number of hydrogen-bond acceptors (Lipinski definition) is 2. The van der Waals surface area contributed by atoms with Crippen LogP contribution in [0.3, 0.4) is 0 Å². The molecule has 0 amide bonds. The molecule has 1 aliphatic carbocycles. The molecule has 0 radical (unpaired) electrons. The second-order valence-corrected chi connectivity index (χ2v) is 4.35. The molecule has 0 heterocycles. The standard InChI is InChI=1S/C11H23NO/c1-9(6-7-13-2)11-5-3-4-10(11)8-12/h9-11H,3-8,12H2,1-2H3. The van der Waals surface area contributed by atoms with Crippen molar-refractivity contribution < 1.29 is 4.74 Å². The minimum absolute atomic E-state index is 0.784. The van der Waals surface area contributed by atoms with Crippen molar-refractivity contribution >= 4 is 0 Å². The number of nitrogens with two attached hydrogens (primary N) is 1. The number of rotatable bonds is 5. The third kappa shape index (κ3) is 2.96. The van der Waals surface area contributed by atoms with E-state index in [4.69, 9.17) is 10.5 Å². The lowest BCUT2D eigenvalue weighted by atomic mass is 9.83. The summed E-state index contributed by atoms with van der Waals surface area (Å²) in [6.07, 6.45) is 5.30. The van der Waals surface area contributed by atoms with E-state index in [-0.39, 0.29) is 0 Å². The highest BCUT2D eigenvalue weighted by molar-refractivity contribution is 4.81. The molecule has 0 aromatic carbocycles. The van der Waals surface area contributed by atoms with Gasteiger partial charge in [0.25, 0.3) is 0 Å². The zero-order valence-corrected chi connectivity index (χ0v) is 8.96. The van der Waals surface area contributed by atoms with E-state index in [1.54, 1.807) is 7.11 Å². The van der Waals surface area contributed by atoms with Crippen LogP contribution in [0.4, 0.5) is 0 Å². The van der Waals surface area contributed by atoms with Crippen LogP contribution in [0.25, 0.3) is 0 Å². The van der Waals surface area contributed by atoms with Crippen LogP contribution in [0.2, 0.25) is 0 Å². The van der Waals surface area contributed by atoms with Crippen LogP contribution in [0.1, 0.15) is 32.6 Å². The van der Waals surface area contributed by atoms with Crippen molar-refractivity contribution in [2.75, 3.05) is 20.3 Å². The highest BCUT2D eigenvalue weighted by atomic mass is 16.5. The molecule has 2 nitrogen and oxygen atoms in total. The lowest BCUT2D eigenvalue weighted by Crippen LogP contribution is -2.24. The van der Waals surface area contributed by atoms with E-state index in [0.29, 0.717) is 0 Å². The van der Waals surface area contributed by atoms with Crippen molar-refractivity contribution in [1.29, 1.82) is 0 Å². The monoisotopic (exact) mass is 185 g/mol. The quantitative estimate of drug-likeness (QED) is 0.711. The third-order valence-electron chi connectivity index (χ3n) is 3.53. The van der Waals surface area contributed by atoms with E-state index in [1.807, 2.05) is 0 Å². The summed E-state index contributed by atoms with van der Waals surface area (Å²) in [5.74, 6) is 2.43. The van der Waals surface area contributed by atoms with Gasteiger partial charge in [-0.3, -0.25) is 0 Å². The highest BCUT2D eigenvalue weighted by Crippen LogP contribution is 2.37. The van der Waals surface area contributed by atoms with Crippen molar-refractivity contribution in [3.05, 3.63) is 0 Å². The Morgan fingerprint density at radius 1 is 1.46 bits per heavy atom. The van der Waals surface area contributed by atoms with Crippen LogP contribution in [0.5, 0.6) is 0 Å². The van der Waals surface area contributed by atoms with Gasteiger partial charge in [-0.2, -0.15) is 0 Å². The first-order valence-electron chi connectivity index (χ1n) is 5.48. The van der Waals surface area contributed by atoms with E-state index in [2.05, 4.69) is 6.92 Å². The van der Waals surface area contributed by atoms with Gasteiger partial charge in [0.15, 0.2) is 0 Å². The van der Waals surface area contributed by atoms with E-state index >= 15 is 0 Å². The zero-order chi connectivity index (χ0) is 9.68. The van der Waals surface area contributed by atoms with Gasteiger partial charge >= 0.3 is 0 Å². The van der Waals surface area contributed by atoms with Gasteiger partial charge in [-0.05, 0) is 43.6 Å². The van der Waals surface area contributed by atoms with Gasteiger partial charge in [-0.25, -0.2) is 0 Å². The molecule has 2 N–H and O–H groups in total. The van der Waals surface area contributed by atoms with E-state index in [9.17, 15) is 0 Å². The molecule has 0 aromatic heterocycles. The molecular weight excluding hydrogens is 162 g/mol. The number of ether oxygens (including phenoxy) is 1. The predicted octanol–water partition coefficient (Wildman–Crippen LogP) is 2.03. The normalized spacial score (nSPS) is 30.7. The molecule has 1 rings (SSSR count). The molecule has 0 aliphatic heterocycles. The molecule has 3 atom stereocenters. The molecule has 1 fully saturated rings. The van der Waals surface area contributed by atoms with Gasteiger partial charge in [0.2, 0.25) is 0 Å². The first kappa shape index (κ1) is 11.0. The van der Waals surface area contributed by atoms with Gasteiger partial charge in [0.1, 0.15) is 0 Å². The summed E-state index contributed by atoms with van der Waals surface area (Å²) in [5.41, 5.74) is 5.76. The maximum atomic E-state index is 5.76. The average molecular weight is 185 g/mol. The smallest absolute Gasteiger partial charge is 0.0464 e. The predicted molar refractivity (Wildman–Crippen MR) is 55.5 cm³/mol. The van der Waals surface area contributed by atoms with Crippen LogP contribution < -0.4 is 5.73 Å². The third-order valence-corrected chi connectivity index (χ3v) is 3.53. The van der Waals surface area contributed by atoms with Gasteiger partial charge < -0.3 is 10.5 Å². The molecule has 0 saturated heterocycles. The Balaban J connectivity index is 2.31. The lowest BCUT2D eigenvalue weighted by Gasteiger charge is -2.24. The van der Waals surface area contributed by atoms with E-state index < -0.39 is 0 Å². The summed E-state index contributed by atoms with van der Waals surface area (Å²) in [5, 5.41) is 0. The van der Waals surface area contributed by atoms with Crippen molar-refractivity contribution in [1.82, 2.24) is 0 Å². The van der Waals surface area contributed by atoms with Gasteiger partial charge in [-0.15, -0.1) is 0 Å². The number of methoxy groups -OCH3 is 1. The maximum Gasteiger partial charge on any atom is 0.0464 e. The van der Waals surface area contributed by atoms with Crippen LogP contribution in [-0.4, -0.2) is 20.3 Å². The Bertz CT molecular complexity index is 138. The van der Waals surface area contributed by atoms with Gasteiger partial charge in [0, 0.05) is 13.7 Å². The Morgan fingerprint density at radius 3 is 2.85 bits per heavy atom. The van der Waals surface area contributed by atoms with Gasteiger partial charge in [0.05, 0.1) is 0 Å². The topological polar surface area (TPSA) is 35.2 Å². The molecule has 3 unspecified atom stereocenters. The fraction of sp³-hybridized carbons (Fsp3) is 1.00. The van der Waals surface area contributed by atoms with E-state index in [0.717, 1.165) is 30.9 Å². The summed E-state index contributed by atoms with van der Waals surface area (Å²) in [7, 11) is 1.78. The average Bonchev–Trinajstić information content (AvgIpc) is 2.61. The van der Waals surface area contributed by atoms with Gasteiger partial charge in [-0.1, -0.05) is 13.3 Å². The largest absolute Gasteiger partial charge is 0.385 e. The molecule has 13 heavy (non-hydrogen) atoms. The molecule has 1 aliphatic rings. The van der Waals surface area contributed by atoms with Crippen LogP contribution in [0, 0.1) is 17.8 Å². The minimum Gasteiger partial charge on any atom is -0.385 e. The summed E-state index contributed by atoms with van der Waals surface area (Å²) in [4.78, 5) is 0. The van der Waals surface area contributed by atoms with Crippen molar-refractivity contribution in [3.63, 3.8) is 0 Å². The van der Waals surface area contributed by atoms with Crippen molar-refractivity contribution in [3.8, 4) is 0 Å². The fourth-order valence-electron chi connectivity index (χ4n) is 2.63. The molecule has 2 heteroatoms. The molecule has 0 spiro atoms. The molecule has 0 bridgehead atoms. The molecule has 1 saturated carbocycles. The Kier molecular flexibility index (Phi) is 4.74. The Hall–Kier alpha value is -0.0800. The van der Waals surface area contributed by atoms with Crippen LogP contribution in [0.15, 0.2) is 0 Å². The highest BCUT2D eigenvalue weighted by Gasteiger charge is 2.29. The Labute approximate surface area is 81.8 Å². The summed E-state index contributed by atoms with van der Waals surface area (Å²) in [6.45, 7) is 4.12. The summed E-state index contributed by atoms with van der Waals surface area (Å²) < 4.78 is 5.11. The summed E-state index contributed by atoms with van der Waals surface area (Å²) in [6, 6.07) is 0. The Morgan fingerprint density at radius 2 is 2.23 bits per heavy atom. The minimum atomic E-state index is 0.784. The molecule has 0 aromatic rings. The van der Waals surface area contributed by atoms with Crippen LogP contribution >= 0.6 is 0 Å². The van der Waals surface area contributed by atoms with Crippen molar-refractivity contribution in [2.45, 2.75) is 32.6 Å². The SMILES string of the molecule is COCCC(C)C1CCCC1CN. The lowest BCUT2D eigenvalue weighted by molar-refractivity contribution is 0.155. The fourth-order valence-corrected chi connectivity index (χ4v) is 2.63. The first-order valence-corrected chi connectivity index (χ1v) is 5.48. The number of hydrogen-bond donors (Lipinski definition) is 1. The first-order chi connectivity index (χ1) is 6.29. The molecular formula is C11H23NO. The molecule has 78 valence electrons. The maximum absolute atomic E-state index is 5.76. The second-order valence-electron chi connectivity index (χ2n) is 4.35.